The van der Waals surface area contributed by atoms with E-state index in [4.69, 9.17) is 21.1 Å². The molecule has 3 aromatic rings. The number of hydrogen-bond donors (Lipinski definition) is 0. The van der Waals surface area contributed by atoms with Crippen LogP contribution in [0.2, 0.25) is 5.02 Å². The van der Waals surface area contributed by atoms with Gasteiger partial charge in [0.2, 0.25) is 6.23 Å². The second kappa shape index (κ2) is 9.83. The van der Waals surface area contributed by atoms with Crippen molar-refractivity contribution in [3.05, 3.63) is 47.8 Å². The molecular formula is C24H33ClN8O2. The molecule has 5 rings (SSSR count). The topological polar surface area (TPSA) is 96.0 Å². The van der Waals surface area contributed by atoms with Gasteiger partial charge in [-0.05, 0) is 52.9 Å². The Hall–Kier alpha value is -2.56. The highest BCUT2D eigenvalue weighted by Crippen LogP contribution is 2.47. The highest BCUT2D eigenvalue weighted by molar-refractivity contribution is 6.30. The lowest BCUT2D eigenvalue weighted by atomic mass is 9.84. The van der Waals surface area contributed by atoms with Crippen LogP contribution in [-0.4, -0.2) is 66.2 Å². The van der Waals surface area contributed by atoms with E-state index in [-0.39, 0.29) is 17.0 Å². The van der Waals surface area contributed by atoms with Gasteiger partial charge in [-0.2, -0.15) is 5.10 Å². The zero-order valence-electron chi connectivity index (χ0n) is 20.5. The standard InChI is InChI=1S/C24H33ClN8O2/c1-23(2,3)20(21(32-17-26-16-27-32)35-19-8-6-18(25)7-9-19)33-22(28-29-30-33)24(10-4-5-11-24)31-12-14-34-15-13-31/h6-9,16-17,20-21H,4-5,10-15H2,1-3H3/t20-,21-/m0/s1. The lowest BCUT2D eigenvalue weighted by molar-refractivity contribution is -0.0381. The van der Waals surface area contributed by atoms with Crippen molar-refractivity contribution >= 4 is 11.6 Å². The van der Waals surface area contributed by atoms with E-state index in [0.717, 1.165) is 57.8 Å². The van der Waals surface area contributed by atoms with Crippen LogP contribution in [0, 0.1) is 5.41 Å². The molecule has 10 nitrogen and oxygen atoms in total. The number of tetrazole rings is 1. The fraction of sp³-hybridized carbons (Fsp3) is 0.625. The molecule has 0 N–H and O–H groups in total. The van der Waals surface area contributed by atoms with Crippen LogP contribution < -0.4 is 4.74 Å². The van der Waals surface area contributed by atoms with Crippen LogP contribution in [0.5, 0.6) is 5.75 Å². The molecule has 11 heteroatoms. The average molecular weight is 501 g/mol. The third kappa shape index (κ3) is 4.79. The van der Waals surface area contributed by atoms with Crippen molar-refractivity contribution in [2.24, 2.45) is 5.41 Å². The Kier molecular flexibility index (Phi) is 6.78. The van der Waals surface area contributed by atoms with Gasteiger partial charge in [0.1, 0.15) is 24.4 Å². The van der Waals surface area contributed by atoms with Gasteiger partial charge in [-0.3, -0.25) is 4.90 Å². The number of halogens is 1. The molecule has 0 spiro atoms. The summed E-state index contributed by atoms with van der Waals surface area (Å²) in [6.07, 6.45) is 7.01. The lowest BCUT2D eigenvalue weighted by Gasteiger charge is -2.44. The van der Waals surface area contributed by atoms with E-state index in [1.54, 1.807) is 11.0 Å². The first-order valence-electron chi connectivity index (χ1n) is 12.3. The van der Waals surface area contributed by atoms with Gasteiger partial charge in [-0.25, -0.2) is 14.3 Å². The molecule has 2 atom stereocenters. The van der Waals surface area contributed by atoms with E-state index in [0.29, 0.717) is 10.8 Å². The molecule has 0 amide bonds. The monoisotopic (exact) mass is 500 g/mol. The maximum Gasteiger partial charge on any atom is 0.215 e. The zero-order chi connectivity index (χ0) is 24.5. The molecule has 0 bridgehead atoms. The minimum atomic E-state index is -0.538. The first-order chi connectivity index (χ1) is 16.9. The van der Waals surface area contributed by atoms with E-state index in [1.165, 1.54) is 6.33 Å². The number of rotatable bonds is 7. The highest BCUT2D eigenvalue weighted by Gasteiger charge is 2.49. The number of ether oxygens (including phenoxy) is 2. The number of nitrogens with zero attached hydrogens (tertiary/aromatic N) is 8. The summed E-state index contributed by atoms with van der Waals surface area (Å²) in [5, 5.41) is 18.6. The van der Waals surface area contributed by atoms with E-state index < -0.39 is 6.23 Å². The second-order valence-corrected chi connectivity index (χ2v) is 10.9. The first-order valence-corrected chi connectivity index (χ1v) is 12.6. The van der Waals surface area contributed by atoms with E-state index in [1.807, 2.05) is 28.9 Å². The molecule has 0 radical (unpaired) electrons. The maximum absolute atomic E-state index is 6.57. The van der Waals surface area contributed by atoms with Gasteiger partial charge in [0.05, 0.1) is 18.8 Å². The van der Waals surface area contributed by atoms with Gasteiger partial charge in [0.25, 0.3) is 0 Å². The Balaban J connectivity index is 1.59. The van der Waals surface area contributed by atoms with Gasteiger partial charge >= 0.3 is 0 Å². The average Bonchev–Trinajstić information content (AvgIpc) is 3.62. The molecule has 35 heavy (non-hydrogen) atoms. The fourth-order valence-corrected chi connectivity index (χ4v) is 5.63. The van der Waals surface area contributed by atoms with Crippen LogP contribution in [0.15, 0.2) is 36.9 Å². The number of hydrogen-bond acceptors (Lipinski definition) is 8. The van der Waals surface area contributed by atoms with Crippen molar-refractivity contribution in [3.8, 4) is 5.75 Å². The van der Waals surface area contributed by atoms with E-state index >= 15 is 0 Å². The van der Waals surface area contributed by atoms with Gasteiger partial charge < -0.3 is 9.47 Å². The van der Waals surface area contributed by atoms with Crippen molar-refractivity contribution in [1.29, 1.82) is 0 Å². The fourth-order valence-electron chi connectivity index (χ4n) is 5.50. The Morgan fingerprint density at radius 2 is 1.80 bits per heavy atom. The zero-order valence-corrected chi connectivity index (χ0v) is 21.3. The van der Waals surface area contributed by atoms with Crippen LogP contribution in [0.25, 0.3) is 0 Å². The third-order valence-electron chi connectivity index (χ3n) is 7.14. The number of aromatic nitrogens is 7. The van der Waals surface area contributed by atoms with Gasteiger partial charge in [0, 0.05) is 18.1 Å². The maximum atomic E-state index is 6.57. The predicted octanol–water partition coefficient (Wildman–Crippen LogP) is 3.88. The van der Waals surface area contributed by atoms with Crippen LogP contribution >= 0.6 is 11.6 Å². The smallest absolute Gasteiger partial charge is 0.215 e. The Labute approximate surface area is 210 Å². The van der Waals surface area contributed by atoms with Crippen molar-refractivity contribution in [2.75, 3.05) is 26.3 Å². The Morgan fingerprint density at radius 3 is 2.43 bits per heavy atom. The molecular weight excluding hydrogens is 468 g/mol. The molecule has 1 saturated carbocycles. The minimum absolute atomic E-state index is 0.218. The van der Waals surface area contributed by atoms with Crippen LogP contribution in [0.1, 0.15) is 64.5 Å². The summed E-state index contributed by atoms with van der Waals surface area (Å²) < 4.78 is 16.0. The summed E-state index contributed by atoms with van der Waals surface area (Å²) in [6, 6.07) is 7.08. The second-order valence-electron chi connectivity index (χ2n) is 10.4. The third-order valence-corrected chi connectivity index (χ3v) is 7.40. The highest BCUT2D eigenvalue weighted by atomic mass is 35.5. The summed E-state index contributed by atoms with van der Waals surface area (Å²) in [7, 11) is 0. The molecule has 2 aromatic heterocycles. The quantitative estimate of drug-likeness (QED) is 0.482. The molecule has 1 aliphatic carbocycles. The number of benzene rings is 1. The van der Waals surface area contributed by atoms with Crippen LogP contribution in [0.3, 0.4) is 0 Å². The summed E-state index contributed by atoms with van der Waals surface area (Å²) in [4.78, 5) is 6.72. The molecule has 188 valence electrons. The summed E-state index contributed by atoms with van der Waals surface area (Å²) in [6.45, 7) is 9.74. The first kappa shape index (κ1) is 24.1. The summed E-state index contributed by atoms with van der Waals surface area (Å²) in [5.41, 5.74) is -0.498. The van der Waals surface area contributed by atoms with Gasteiger partial charge in [-0.1, -0.05) is 45.2 Å². The largest absolute Gasteiger partial charge is 0.466 e. The molecule has 1 saturated heterocycles. The summed E-state index contributed by atoms with van der Waals surface area (Å²) in [5.74, 6) is 1.57. The van der Waals surface area contributed by atoms with Crippen molar-refractivity contribution in [1.82, 2.24) is 39.9 Å². The van der Waals surface area contributed by atoms with Gasteiger partial charge in [0.15, 0.2) is 5.82 Å². The molecule has 2 fully saturated rings. The molecule has 1 aromatic carbocycles. The van der Waals surface area contributed by atoms with E-state index in [9.17, 15) is 0 Å². The number of morpholine rings is 1. The normalized spacial score (nSPS) is 20.6. The Bertz CT molecular complexity index is 1080. The summed E-state index contributed by atoms with van der Waals surface area (Å²) >= 11 is 6.12. The van der Waals surface area contributed by atoms with Gasteiger partial charge in [-0.15, -0.1) is 5.10 Å². The molecule has 2 aliphatic rings. The SMILES string of the molecule is CC(C)(C)[C@H]([C@H](Oc1ccc(Cl)cc1)n1cncn1)n1nnnc1C1(N2CCOCC2)CCCC1. The Morgan fingerprint density at radius 1 is 1.09 bits per heavy atom. The van der Waals surface area contributed by atoms with Crippen LogP contribution in [-0.2, 0) is 10.3 Å². The molecule has 3 heterocycles. The van der Waals surface area contributed by atoms with Crippen molar-refractivity contribution in [3.63, 3.8) is 0 Å². The molecule has 0 unspecified atom stereocenters. The lowest BCUT2D eigenvalue weighted by Crippen LogP contribution is -2.52. The van der Waals surface area contributed by atoms with Crippen molar-refractivity contribution < 1.29 is 9.47 Å². The molecule has 1 aliphatic heterocycles. The predicted molar refractivity (Wildman–Crippen MR) is 130 cm³/mol. The van der Waals surface area contributed by atoms with E-state index in [2.05, 4.69) is 51.3 Å². The van der Waals surface area contributed by atoms with Crippen molar-refractivity contribution in [2.45, 2.75) is 64.3 Å². The minimum Gasteiger partial charge on any atom is -0.466 e. The van der Waals surface area contributed by atoms with Crippen LogP contribution in [0.4, 0.5) is 0 Å².